The molecule has 0 saturated carbocycles. The van der Waals surface area contributed by atoms with Crippen LogP contribution in [0.3, 0.4) is 0 Å². The number of ketones is 1. The first kappa shape index (κ1) is 64.9. The minimum atomic E-state index is -4.55. The van der Waals surface area contributed by atoms with Crippen LogP contribution in [0.15, 0.2) is 148 Å². The molecule has 11 rings (SSSR count). The second-order valence-electron chi connectivity index (χ2n) is 16.5. The van der Waals surface area contributed by atoms with Gasteiger partial charge in [0, 0.05) is 64.4 Å². The number of para-hydroxylation sites is 3. The SMILES string of the molecule is CC(=O)[O-].CO.O=C1CCC(=O)c2ccccc2N1.O=C1Cc2c([nH]c3ccc(S(=O)(=O)O)cc23)-c2ccccc2N1.O=C1Cc2c([nH]c3ccc(S(=O)(=O)[O-])cc23)-c2ccccc2N1.[NH3+]Nc1ccc(S(=O)(=O)[O-])cc1.[Na+].[Na+]. The number of hydrogen-bond acceptors (Lipinski definition) is 16. The molecule has 2 aromatic heterocycles. The van der Waals surface area contributed by atoms with Crippen LogP contribution in [0.2, 0.25) is 0 Å². The molecule has 402 valence electrons. The van der Waals surface area contributed by atoms with Crippen molar-refractivity contribution >= 4 is 104 Å². The van der Waals surface area contributed by atoms with Gasteiger partial charge in [-0.05, 0) is 103 Å². The van der Waals surface area contributed by atoms with Gasteiger partial charge in [0.2, 0.25) is 17.7 Å². The molecule has 23 nitrogen and oxygen atoms in total. The number of aromatic nitrogens is 2. The van der Waals surface area contributed by atoms with Crippen molar-refractivity contribution in [3.63, 3.8) is 0 Å². The summed E-state index contributed by atoms with van der Waals surface area (Å²) < 4.78 is 97.0. The van der Waals surface area contributed by atoms with Gasteiger partial charge in [0.05, 0.1) is 61.7 Å². The molecule has 0 unspecified atom stereocenters. The maximum absolute atomic E-state index is 12.1. The molecule has 6 aromatic carbocycles. The van der Waals surface area contributed by atoms with Crippen LogP contribution in [0, 0.1) is 0 Å². The molecule has 0 bridgehead atoms. The first-order valence-electron chi connectivity index (χ1n) is 22.6. The van der Waals surface area contributed by atoms with Crippen LogP contribution in [0.4, 0.5) is 22.7 Å². The molecule has 3 amide bonds. The van der Waals surface area contributed by atoms with Gasteiger partial charge in [-0.15, -0.1) is 0 Å². The van der Waals surface area contributed by atoms with Crippen LogP contribution in [-0.2, 0) is 62.4 Å². The Bertz CT molecular complexity index is 3750. The van der Waals surface area contributed by atoms with Crippen molar-refractivity contribution in [2.45, 2.75) is 47.3 Å². The van der Waals surface area contributed by atoms with E-state index in [1.807, 2.05) is 42.5 Å². The van der Waals surface area contributed by atoms with Crippen LogP contribution >= 0.6 is 0 Å². The molecule has 28 heteroatoms. The maximum Gasteiger partial charge on any atom is 1.00 e. The van der Waals surface area contributed by atoms with Gasteiger partial charge in [0.1, 0.15) is 20.2 Å². The molecule has 5 heterocycles. The van der Waals surface area contributed by atoms with Crippen LogP contribution < -0.4 is 91.4 Å². The van der Waals surface area contributed by atoms with E-state index in [-0.39, 0.29) is 117 Å². The third-order valence-electron chi connectivity index (χ3n) is 11.4. The van der Waals surface area contributed by atoms with Gasteiger partial charge in [-0.1, -0.05) is 48.5 Å². The van der Waals surface area contributed by atoms with E-state index >= 15 is 0 Å². The molecule has 3 aliphatic rings. The topological polar surface area (TPSA) is 405 Å². The molecular weight excluding hydrogens is 1110 g/mol. The Labute approximate surface area is 496 Å². The van der Waals surface area contributed by atoms with Gasteiger partial charge < -0.3 is 50.0 Å². The van der Waals surface area contributed by atoms with Gasteiger partial charge in [-0.3, -0.25) is 29.6 Å². The summed E-state index contributed by atoms with van der Waals surface area (Å²) in [6, 6.07) is 35.7. The molecule has 0 radical (unpaired) electrons. The fourth-order valence-corrected chi connectivity index (χ4v) is 9.55. The summed E-state index contributed by atoms with van der Waals surface area (Å²) in [4.78, 5) is 61.5. The Kier molecular flexibility index (Phi) is 23.0. The van der Waals surface area contributed by atoms with Gasteiger partial charge in [-0.25, -0.2) is 22.3 Å². The Hall–Kier alpha value is -6.60. The Morgan fingerprint density at radius 1 is 0.544 bits per heavy atom. The predicted molar refractivity (Wildman–Crippen MR) is 278 cm³/mol. The number of benzene rings is 6. The second kappa shape index (κ2) is 28.0. The van der Waals surface area contributed by atoms with Crippen molar-refractivity contribution < 1.29 is 138 Å². The number of Topliss-reactive ketones (excluding diaryl/α,β-unsaturated/α-hetero) is 1. The number of fused-ring (bicyclic) bond motifs is 11. The van der Waals surface area contributed by atoms with Gasteiger partial charge in [-0.2, -0.15) is 8.42 Å². The standard InChI is InChI=1S/2C16H12N2O4S.C10H9NO2.C6H8N2O3S.C2H4O2.CH4O.2Na/c2*19-15-8-12-11-7-9(23(20,21)22)5-6-14(11)18-16(12)10-3-1-2-4-13(10)17-15;12-9-5-6-10(13)11-8-4-2-1-3-7(8)9;7-8-5-1-3-6(4-2-5)12(9,10)11;1-2(3)4;1-2;;/h2*1-7,18H,8H2,(H,17,19)(H,20,21,22);1-4H,5-6H2,(H,11,13);1-4,8H,7H2,(H,9,10,11);1H3,(H,3,4);2H,1H3;;/q;;;;;;2*+1/p-2. The molecule has 0 spiro atoms. The van der Waals surface area contributed by atoms with E-state index in [0.717, 1.165) is 36.5 Å². The summed E-state index contributed by atoms with van der Waals surface area (Å²) >= 11 is 0. The first-order valence-corrected chi connectivity index (χ1v) is 26.8. The normalized spacial score (nSPS) is 12.9. The summed E-state index contributed by atoms with van der Waals surface area (Å²) in [5.74, 6) is 1.88. The molecule has 3 aliphatic heterocycles. The van der Waals surface area contributed by atoms with E-state index in [1.165, 1.54) is 48.5 Å². The van der Waals surface area contributed by atoms with E-state index < -0.39 is 36.3 Å². The van der Waals surface area contributed by atoms with Gasteiger partial charge in [0.25, 0.3) is 10.1 Å². The van der Waals surface area contributed by atoms with E-state index in [4.69, 9.17) is 15.0 Å². The number of rotatable bonds is 4. The second-order valence-corrected chi connectivity index (χ2v) is 20.7. The number of carboxylic acids is 1. The average Bonchev–Trinajstić information content (AvgIpc) is 3.90. The van der Waals surface area contributed by atoms with E-state index in [9.17, 15) is 58.1 Å². The number of hydrogen-bond donors (Lipinski definition) is 9. The van der Waals surface area contributed by atoms with Crippen molar-refractivity contribution in [1.29, 1.82) is 0 Å². The van der Waals surface area contributed by atoms with Crippen molar-refractivity contribution in [1.82, 2.24) is 9.97 Å². The largest absolute Gasteiger partial charge is 1.00 e. The first-order chi connectivity index (χ1) is 36.4. The molecule has 0 fully saturated rings. The molecule has 0 saturated heterocycles. The number of aliphatic carboxylic acids is 1. The minimum absolute atomic E-state index is 0. The third kappa shape index (κ3) is 16.7. The smallest absolute Gasteiger partial charge is 0.744 e. The van der Waals surface area contributed by atoms with Crippen molar-refractivity contribution in [3.05, 3.63) is 150 Å². The fraction of sp³-hybridized carbons (Fsp3) is 0.118. The van der Waals surface area contributed by atoms with Crippen molar-refractivity contribution in [2.75, 3.05) is 28.5 Å². The summed E-state index contributed by atoms with van der Waals surface area (Å²) in [6.07, 6.45) is 0.821. The summed E-state index contributed by atoms with van der Waals surface area (Å²) in [6.45, 7) is 0.972. The van der Waals surface area contributed by atoms with Crippen LogP contribution in [0.1, 0.15) is 41.3 Å². The fourth-order valence-electron chi connectivity index (χ4n) is 8.08. The zero-order chi connectivity index (χ0) is 56.4. The number of nitrogens with one attached hydrogen (secondary N) is 6. The molecule has 0 aliphatic carbocycles. The van der Waals surface area contributed by atoms with Crippen LogP contribution in [-0.4, -0.2) is 90.6 Å². The number of carbonyl (C=O) groups excluding carboxylic acids is 5. The number of amides is 3. The Balaban J connectivity index is 0.000000225. The number of aliphatic hydroxyl groups is 1. The zero-order valence-corrected chi connectivity index (χ0v) is 49.0. The average molecular weight is 1160 g/mol. The molecule has 8 aromatic rings. The number of anilines is 4. The minimum Gasteiger partial charge on any atom is -0.744 e. The third-order valence-corrected chi connectivity index (χ3v) is 13.9. The quantitative estimate of drug-likeness (QED) is 0.0520. The number of H-pyrrole nitrogens is 2. The molecular formula is C51H47N7Na2O16S3. The van der Waals surface area contributed by atoms with Crippen LogP contribution in [0.5, 0.6) is 0 Å². The summed E-state index contributed by atoms with van der Waals surface area (Å²) in [7, 11) is -12.2. The summed E-state index contributed by atoms with van der Waals surface area (Å²) in [5, 5.41) is 25.4. The van der Waals surface area contributed by atoms with Crippen LogP contribution in [0.25, 0.3) is 44.3 Å². The number of carbonyl (C=O) groups is 5. The predicted octanol–water partition coefficient (Wildman–Crippen LogP) is -2.06. The van der Waals surface area contributed by atoms with Gasteiger partial charge >= 0.3 is 59.1 Å². The monoisotopic (exact) mass is 1160 g/mol. The van der Waals surface area contributed by atoms with E-state index in [2.05, 4.69) is 37.2 Å². The summed E-state index contributed by atoms with van der Waals surface area (Å²) in [5.41, 5.74) is 11.9. The number of aliphatic hydroxyl groups excluding tert-OH is 1. The van der Waals surface area contributed by atoms with E-state index in [0.29, 0.717) is 67.7 Å². The zero-order valence-electron chi connectivity index (χ0n) is 42.6. The number of carboxylic acid groups (broad SMARTS) is 1. The van der Waals surface area contributed by atoms with E-state index in [1.54, 1.807) is 42.5 Å². The Morgan fingerprint density at radius 2 is 0.911 bits per heavy atom. The Morgan fingerprint density at radius 3 is 1.33 bits per heavy atom. The molecule has 79 heavy (non-hydrogen) atoms. The number of aromatic amines is 2. The molecule has 11 N–H and O–H groups in total. The number of quaternary nitrogens is 1. The van der Waals surface area contributed by atoms with Crippen molar-refractivity contribution in [3.8, 4) is 22.5 Å². The molecule has 0 atom stereocenters. The van der Waals surface area contributed by atoms with Gasteiger partial charge in [0.15, 0.2) is 5.78 Å². The maximum atomic E-state index is 12.1. The van der Waals surface area contributed by atoms with Crippen molar-refractivity contribution in [2.24, 2.45) is 0 Å².